The Bertz CT molecular complexity index is 656. The number of nitrogens with one attached hydrogen (secondary N) is 1. The Morgan fingerprint density at radius 2 is 1.86 bits per heavy atom. The quantitative estimate of drug-likeness (QED) is 0.686. The molecule has 0 spiro atoms. The first-order valence-corrected chi connectivity index (χ1v) is 7.30. The number of halogens is 5. The summed E-state index contributed by atoms with van der Waals surface area (Å²) in [5.41, 5.74) is 1.10. The van der Waals surface area contributed by atoms with Crippen LogP contribution in [0.15, 0.2) is 40.9 Å². The maximum absolute atomic E-state index is 13.0. The maximum Gasteiger partial charge on any atom is 0.418 e. The SMILES string of the molecule is Cc1ccc(CNc2ccc(Br)cc2C(F)(F)F)cc1Cl. The van der Waals surface area contributed by atoms with Crippen molar-refractivity contribution in [1.82, 2.24) is 0 Å². The third-order valence-corrected chi connectivity index (χ3v) is 3.91. The van der Waals surface area contributed by atoms with Crippen LogP contribution in [-0.2, 0) is 12.7 Å². The number of anilines is 1. The Hall–Kier alpha value is -1.20. The van der Waals surface area contributed by atoms with Crippen molar-refractivity contribution in [3.63, 3.8) is 0 Å². The summed E-state index contributed by atoms with van der Waals surface area (Å²) >= 11 is 9.06. The number of alkyl halides is 3. The normalized spacial score (nSPS) is 11.5. The van der Waals surface area contributed by atoms with Crippen molar-refractivity contribution in [2.24, 2.45) is 0 Å². The molecule has 0 fully saturated rings. The van der Waals surface area contributed by atoms with Crippen LogP contribution in [0.5, 0.6) is 0 Å². The van der Waals surface area contributed by atoms with E-state index in [4.69, 9.17) is 11.6 Å². The summed E-state index contributed by atoms with van der Waals surface area (Å²) in [5.74, 6) is 0. The molecule has 0 aliphatic heterocycles. The molecule has 112 valence electrons. The monoisotopic (exact) mass is 377 g/mol. The molecule has 2 rings (SSSR count). The highest BCUT2D eigenvalue weighted by Crippen LogP contribution is 2.36. The summed E-state index contributed by atoms with van der Waals surface area (Å²) in [6, 6.07) is 9.45. The highest BCUT2D eigenvalue weighted by atomic mass is 79.9. The van der Waals surface area contributed by atoms with E-state index in [1.54, 1.807) is 12.1 Å². The van der Waals surface area contributed by atoms with Crippen molar-refractivity contribution in [3.05, 3.63) is 62.6 Å². The molecule has 0 unspecified atom stereocenters. The Morgan fingerprint density at radius 3 is 2.48 bits per heavy atom. The second kappa shape index (κ2) is 6.28. The minimum absolute atomic E-state index is 0.0439. The molecule has 0 amide bonds. The number of benzene rings is 2. The summed E-state index contributed by atoms with van der Waals surface area (Å²) in [4.78, 5) is 0. The minimum atomic E-state index is -4.41. The zero-order chi connectivity index (χ0) is 15.6. The van der Waals surface area contributed by atoms with Crippen molar-refractivity contribution in [1.29, 1.82) is 0 Å². The van der Waals surface area contributed by atoms with Crippen LogP contribution < -0.4 is 5.32 Å². The predicted molar refractivity (Wildman–Crippen MR) is 82.7 cm³/mol. The Kier molecular flexibility index (Phi) is 4.84. The van der Waals surface area contributed by atoms with Crippen molar-refractivity contribution in [2.45, 2.75) is 19.6 Å². The van der Waals surface area contributed by atoms with Gasteiger partial charge in [0, 0.05) is 21.7 Å². The maximum atomic E-state index is 13.0. The largest absolute Gasteiger partial charge is 0.418 e. The van der Waals surface area contributed by atoms with Gasteiger partial charge in [0.25, 0.3) is 0 Å². The van der Waals surface area contributed by atoms with Crippen LogP contribution >= 0.6 is 27.5 Å². The molecule has 2 aromatic rings. The zero-order valence-electron chi connectivity index (χ0n) is 11.1. The average molecular weight is 379 g/mol. The van der Waals surface area contributed by atoms with Gasteiger partial charge in [-0.1, -0.05) is 39.7 Å². The first kappa shape index (κ1) is 16.2. The molecule has 6 heteroatoms. The van der Waals surface area contributed by atoms with E-state index in [1.165, 1.54) is 6.07 Å². The van der Waals surface area contributed by atoms with Gasteiger partial charge in [-0.3, -0.25) is 0 Å². The lowest BCUT2D eigenvalue weighted by Crippen LogP contribution is -2.11. The fraction of sp³-hybridized carbons (Fsp3) is 0.200. The summed E-state index contributed by atoms with van der Waals surface area (Å²) in [6.07, 6.45) is -4.41. The van der Waals surface area contributed by atoms with Crippen molar-refractivity contribution < 1.29 is 13.2 Å². The fourth-order valence-electron chi connectivity index (χ4n) is 1.85. The Morgan fingerprint density at radius 1 is 1.14 bits per heavy atom. The van der Waals surface area contributed by atoms with Gasteiger partial charge in [0.1, 0.15) is 0 Å². The van der Waals surface area contributed by atoms with E-state index < -0.39 is 11.7 Å². The summed E-state index contributed by atoms with van der Waals surface area (Å²) < 4.78 is 39.4. The van der Waals surface area contributed by atoms with Crippen LogP contribution in [-0.4, -0.2) is 0 Å². The van der Waals surface area contributed by atoms with E-state index in [0.717, 1.165) is 17.2 Å². The van der Waals surface area contributed by atoms with Crippen LogP contribution in [0.4, 0.5) is 18.9 Å². The molecule has 0 saturated carbocycles. The Labute approximate surface area is 134 Å². The first-order valence-electron chi connectivity index (χ1n) is 6.13. The van der Waals surface area contributed by atoms with E-state index in [1.807, 2.05) is 19.1 Å². The zero-order valence-corrected chi connectivity index (χ0v) is 13.4. The second-order valence-corrected chi connectivity index (χ2v) is 5.95. The summed E-state index contributed by atoms with van der Waals surface area (Å²) in [6.45, 7) is 2.14. The number of rotatable bonds is 3. The van der Waals surface area contributed by atoms with Crippen LogP contribution in [0.3, 0.4) is 0 Å². The lowest BCUT2D eigenvalue weighted by atomic mass is 10.1. The van der Waals surface area contributed by atoms with Crippen molar-refractivity contribution in [3.8, 4) is 0 Å². The fourth-order valence-corrected chi connectivity index (χ4v) is 2.41. The predicted octanol–water partition coefficient (Wildman–Crippen LogP) is 6.04. The molecular weight excluding hydrogens is 367 g/mol. The number of hydrogen-bond acceptors (Lipinski definition) is 1. The third-order valence-electron chi connectivity index (χ3n) is 3.01. The van der Waals surface area contributed by atoms with Gasteiger partial charge in [-0.05, 0) is 42.3 Å². The van der Waals surface area contributed by atoms with E-state index in [2.05, 4.69) is 21.2 Å². The van der Waals surface area contributed by atoms with E-state index in [-0.39, 0.29) is 12.2 Å². The van der Waals surface area contributed by atoms with Gasteiger partial charge in [-0.25, -0.2) is 0 Å². The molecule has 0 heterocycles. The molecule has 21 heavy (non-hydrogen) atoms. The molecule has 0 bridgehead atoms. The first-order chi connectivity index (χ1) is 9.77. The van der Waals surface area contributed by atoms with Crippen LogP contribution in [0, 0.1) is 6.92 Å². The highest BCUT2D eigenvalue weighted by molar-refractivity contribution is 9.10. The van der Waals surface area contributed by atoms with E-state index >= 15 is 0 Å². The number of hydrogen-bond donors (Lipinski definition) is 1. The molecule has 1 N–H and O–H groups in total. The second-order valence-electron chi connectivity index (χ2n) is 4.62. The van der Waals surface area contributed by atoms with Gasteiger partial charge in [0.05, 0.1) is 5.56 Å². The van der Waals surface area contributed by atoms with Crippen LogP contribution in [0.25, 0.3) is 0 Å². The van der Waals surface area contributed by atoms with Crippen LogP contribution in [0.1, 0.15) is 16.7 Å². The van der Waals surface area contributed by atoms with E-state index in [9.17, 15) is 13.2 Å². The topological polar surface area (TPSA) is 12.0 Å². The van der Waals surface area contributed by atoms with Gasteiger partial charge < -0.3 is 5.32 Å². The molecule has 0 aliphatic carbocycles. The van der Waals surface area contributed by atoms with Gasteiger partial charge in [-0.2, -0.15) is 13.2 Å². The molecule has 0 aliphatic rings. The molecular formula is C15H12BrClF3N. The van der Waals surface area contributed by atoms with Crippen molar-refractivity contribution in [2.75, 3.05) is 5.32 Å². The molecule has 0 radical (unpaired) electrons. The number of aryl methyl sites for hydroxylation is 1. The minimum Gasteiger partial charge on any atom is -0.380 e. The standard InChI is InChI=1S/C15H12BrClF3N/c1-9-2-3-10(6-13(9)17)8-21-14-5-4-11(16)7-12(14)15(18,19)20/h2-7,21H,8H2,1H3. The summed E-state index contributed by atoms with van der Waals surface area (Å²) in [5, 5.41) is 3.41. The highest BCUT2D eigenvalue weighted by Gasteiger charge is 2.33. The van der Waals surface area contributed by atoms with Gasteiger partial charge in [0.2, 0.25) is 0 Å². The summed E-state index contributed by atoms with van der Waals surface area (Å²) in [7, 11) is 0. The van der Waals surface area contributed by atoms with Crippen LogP contribution in [0.2, 0.25) is 5.02 Å². The molecule has 0 atom stereocenters. The third kappa shape index (κ3) is 4.14. The molecule has 0 saturated heterocycles. The van der Waals surface area contributed by atoms with Gasteiger partial charge in [-0.15, -0.1) is 0 Å². The lowest BCUT2D eigenvalue weighted by molar-refractivity contribution is -0.137. The smallest absolute Gasteiger partial charge is 0.380 e. The lowest BCUT2D eigenvalue weighted by Gasteiger charge is -2.15. The molecule has 1 nitrogen and oxygen atoms in total. The van der Waals surface area contributed by atoms with E-state index in [0.29, 0.717) is 9.50 Å². The van der Waals surface area contributed by atoms with Gasteiger partial charge >= 0.3 is 6.18 Å². The average Bonchev–Trinajstić information content (AvgIpc) is 2.40. The van der Waals surface area contributed by atoms with Crippen molar-refractivity contribution >= 4 is 33.2 Å². The molecule has 0 aromatic heterocycles. The Balaban J connectivity index is 2.22. The van der Waals surface area contributed by atoms with Gasteiger partial charge in [0.15, 0.2) is 0 Å². The molecule has 2 aromatic carbocycles.